The fourth-order valence-electron chi connectivity index (χ4n) is 5.64. The van der Waals surface area contributed by atoms with E-state index < -0.39 is 0 Å². The number of pyridine rings is 1. The molecule has 0 saturated heterocycles. The number of nitrogens with zero attached hydrogens (tertiary/aromatic N) is 1. The fourth-order valence-corrected chi connectivity index (χ4v) is 5.64. The van der Waals surface area contributed by atoms with Gasteiger partial charge >= 0.3 is 0 Å². The van der Waals surface area contributed by atoms with E-state index in [9.17, 15) is 9.59 Å². The van der Waals surface area contributed by atoms with E-state index in [2.05, 4.69) is 17.2 Å². The lowest BCUT2D eigenvalue weighted by molar-refractivity contribution is -0.120. The monoisotopic (exact) mass is 426 g/mol. The first-order valence-electron chi connectivity index (χ1n) is 12.9. The van der Waals surface area contributed by atoms with Crippen molar-refractivity contribution < 1.29 is 9.59 Å². The number of rotatable bonds is 6. The number of carbonyl (C=O) groups excluding carboxylic acids is 2. The molecule has 1 aromatic rings. The van der Waals surface area contributed by atoms with E-state index in [4.69, 9.17) is 0 Å². The molecule has 0 spiro atoms. The maximum Gasteiger partial charge on any atom is 0.227 e. The average molecular weight is 427 g/mol. The Hall–Kier alpha value is -1.71. The highest BCUT2D eigenvalue weighted by Crippen LogP contribution is 2.39. The van der Waals surface area contributed by atoms with Gasteiger partial charge in [0, 0.05) is 12.8 Å². The molecule has 0 bridgehead atoms. The van der Waals surface area contributed by atoms with Gasteiger partial charge in [0.15, 0.2) is 5.78 Å². The Kier molecular flexibility index (Phi) is 9.54. The van der Waals surface area contributed by atoms with Crippen LogP contribution in [-0.4, -0.2) is 16.7 Å². The SMILES string of the molecule is CCCc1c(C(C)=O)ncc(NC(=O)C2CCCCCCC2)c1C1CCCCCCC1. The standard InChI is InChI=1S/C27H42N2O2/c1-3-14-23-25(21-15-10-6-4-7-11-16-21)24(19-28-26(23)20(2)30)29-27(31)22-17-12-8-5-9-13-18-22/h19,21-22H,3-18H2,1-2H3,(H,29,31). The minimum absolute atomic E-state index is 0.0356. The normalized spacial score (nSPS) is 19.7. The molecule has 31 heavy (non-hydrogen) atoms. The van der Waals surface area contributed by atoms with Crippen LogP contribution in [0.15, 0.2) is 6.20 Å². The molecule has 2 fully saturated rings. The molecule has 0 aliphatic heterocycles. The van der Waals surface area contributed by atoms with Gasteiger partial charge in [-0.15, -0.1) is 0 Å². The Labute approximate surface area is 189 Å². The topological polar surface area (TPSA) is 59.1 Å². The van der Waals surface area contributed by atoms with Crippen LogP contribution in [0.5, 0.6) is 0 Å². The lowest BCUT2D eigenvalue weighted by atomic mass is 9.81. The number of anilines is 1. The van der Waals surface area contributed by atoms with Crippen molar-refractivity contribution in [2.45, 2.75) is 122 Å². The highest BCUT2D eigenvalue weighted by molar-refractivity contribution is 5.97. The van der Waals surface area contributed by atoms with Crippen LogP contribution in [0.25, 0.3) is 0 Å². The molecular formula is C27H42N2O2. The third-order valence-corrected chi connectivity index (χ3v) is 7.30. The lowest BCUT2D eigenvalue weighted by Gasteiger charge is -2.27. The predicted octanol–water partition coefficient (Wildman–Crippen LogP) is 7.36. The first-order chi connectivity index (χ1) is 15.1. The molecular weight excluding hydrogens is 384 g/mol. The van der Waals surface area contributed by atoms with E-state index >= 15 is 0 Å². The summed E-state index contributed by atoms with van der Waals surface area (Å²) in [6.07, 6.45) is 20.3. The summed E-state index contributed by atoms with van der Waals surface area (Å²) in [6.45, 7) is 3.78. The smallest absolute Gasteiger partial charge is 0.227 e. The van der Waals surface area contributed by atoms with Crippen LogP contribution in [0.1, 0.15) is 138 Å². The van der Waals surface area contributed by atoms with E-state index in [0.29, 0.717) is 11.6 Å². The second kappa shape index (κ2) is 12.4. The van der Waals surface area contributed by atoms with Crippen LogP contribution in [0.2, 0.25) is 0 Å². The van der Waals surface area contributed by atoms with E-state index in [-0.39, 0.29) is 17.6 Å². The summed E-state index contributed by atoms with van der Waals surface area (Å²) in [5.41, 5.74) is 3.81. The number of hydrogen-bond donors (Lipinski definition) is 1. The molecule has 2 saturated carbocycles. The number of carbonyl (C=O) groups is 2. The predicted molar refractivity (Wildman–Crippen MR) is 128 cm³/mol. The molecule has 2 aliphatic carbocycles. The quantitative estimate of drug-likeness (QED) is 0.483. The summed E-state index contributed by atoms with van der Waals surface area (Å²) in [5.74, 6) is 0.713. The average Bonchev–Trinajstić information content (AvgIpc) is 2.68. The highest BCUT2D eigenvalue weighted by atomic mass is 16.2. The third kappa shape index (κ3) is 6.63. The number of amides is 1. The number of nitrogens with one attached hydrogen (secondary N) is 1. The number of ketones is 1. The minimum Gasteiger partial charge on any atom is -0.324 e. The zero-order valence-electron chi connectivity index (χ0n) is 19.8. The molecule has 0 radical (unpaired) electrons. The van der Waals surface area contributed by atoms with Crippen molar-refractivity contribution in [3.63, 3.8) is 0 Å². The molecule has 0 unspecified atom stereocenters. The Morgan fingerprint density at radius 3 is 2.00 bits per heavy atom. The summed E-state index contributed by atoms with van der Waals surface area (Å²) in [7, 11) is 0. The second-order valence-electron chi connectivity index (χ2n) is 9.79. The molecule has 4 heteroatoms. The fraction of sp³-hybridized carbons (Fsp3) is 0.741. The zero-order valence-corrected chi connectivity index (χ0v) is 19.8. The molecule has 1 amide bonds. The van der Waals surface area contributed by atoms with E-state index in [1.807, 2.05) is 0 Å². The summed E-state index contributed by atoms with van der Waals surface area (Å²) in [6, 6.07) is 0. The van der Waals surface area contributed by atoms with Crippen molar-refractivity contribution in [3.05, 3.63) is 23.0 Å². The molecule has 1 heterocycles. The molecule has 1 aromatic heterocycles. The van der Waals surface area contributed by atoms with Crippen molar-refractivity contribution in [2.75, 3.05) is 5.32 Å². The number of Topliss-reactive ketones (excluding diaryl/α,β-unsaturated/α-hetero) is 1. The van der Waals surface area contributed by atoms with Crippen molar-refractivity contribution in [3.8, 4) is 0 Å². The van der Waals surface area contributed by atoms with Gasteiger partial charge in [-0.3, -0.25) is 14.6 Å². The second-order valence-corrected chi connectivity index (χ2v) is 9.79. The first-order valence-corrected chi connectivity index (χ1v) is 12.9. The summed E-state index contributed by atoms with van der Waals surface area (Å²) in [4.78, 5) is 30.2. The summed E-state index contributed by atoms with van der Waals surface area (Å²) < 4.78 is 0. The number of aromatic nitrogens is 1. The van der Waals surface area contributed by atoms with Crippen LogP contribution in [0, 0.1) is 5.92 Å². The maximum atomic E-state index is 13.3. The van der Waals surface area contributed by atoms with Crippen molar-refractivity contribution in [2.24, 2.45) is 5.92 Å². The lowest BCUT2D eigenvalue weighted by Crippen LogP contribution is -2.25. The van der Waals surface area contributed by atoms with Crippen molar-refractivity contribution in [1.82, 2.24) is 4.98 Å². The first kappa shape index (κ1) is 23.9. The molecule has 3 rings (SSSR count). The van der Waals surface area contributed by atoms with Crippen LogP contribution < -0.4 is 5.32 Å². The van der Waals surface area contributed by atoms with E-state index in [1.165, 1.54) is 56.9 Å². The minimum atomic E-state index is 0.0356. The van der Waals surface area contributed by atoms with Crippen LogP contribution in [0.4, 0.5) is 5.69 Å². The Bertz CT molecular complexity index is 727. The van der Waals surface area contributed by atoms with E-state index in [1.54, 1.807) is 13.1 Å². The molecule has 172 valence electrons. The van der Waals surface area contributed by atoms with Gasteiger partial charge in [0.25, 0.3) is 0 Å². The van der Waals surface area contributed by atoms with Gasteiger partial charge in [-0.2, -0.15) is 0 Å². The van der Waals surface area contributed by atoms with Gasteiger partial charge < -0.3 is 5.32 Å². The summed E-state index contributed by atoms with van der Waals surface area (Å²) >= 11 is 0. The largest absolute Gasteiger partial charge is 0.324 e. The summed E-state index contributed by atoms with van der Waals surface area (Å²) in [5, 5.41) is 3.31. The van der Waals surface area contributed by atoms with Gasteiger partial charge in [-0.25, -0.2) is 0 Å². The Morgan fingerprint density at radius 2 is 1.45 bits per heavy atom. The van der Waals surface area contributed by atoms with Crippen LogP contribution >= 0.6 is 0 Å². The van der Waals surface area contributed by atoms with Crippen molar-refractivity contribution in [1.29, 1.82) is 0 Å². The molecule has 0 aromatic carbocycles. The molecule has 0 atom stereocenters. The Balaban J connectivity index is 1.94. The van der Waals surface area contributed by atoms with Gasteiger partial charge in [-0.1, -0.05) is 77.6 Å². The van der Waals surface area contributed by atoms with Crippen LogP contribution in [-0.2, 0) is 11.2 Å². The van der Waals surface area contributed by atoms with Gasteiger partial charge in [-0.05, 0) is 49.1 Å². The maximum absolute atomic E-state index is 13.3. The molecule has 1 N–H and O–H groups in total. The number of hydrogen-bond acceptors (Lipinski definition) is 3. The van der Waals surface area contributed by atoms with Crippen LogP contribution in [0.3, 0.4) is 0 Å². The Morgan fingerprint density at radius 1 is 0.903 bits per heavy atom. The van der Waals surface area contributed by atoms with Gasteiger partial charge in [0.1, 0.15) is 5.69 Å². The third-order valence-electron chi connectivity index (χ3n) is 7.30. The van der Waals surface area contributed by atoms with Gasteiger partial charge in [0.2, 0.25) is 5.91 Å². The zero-order chi connectivity index (χ0) is 22.1. The van der Waals surface area contributed by atoms with Gasteiger partial charge in [0.05, 0.1) is 11.9 Å². The molecule has 4 nitrogen and oxygen atoms in total. The van der Waals surface area contributed by atoms with Crippen molar-refractivity contribution >= 4 is 17.4 Å². The molecule has 2 aliphatic rings. The highest BCUT2D eigenvalue weighted by Gasteiger charge is 2.27. The van der Waals surface area contributed by atoms with E-state index in [0.717, 1.165) is 62.6 Å².